The third kappa shape index (κ3) is 3.07. The average Bonchev–Trinajstić information content (AvgIpc) is 2.73. The number of thioether (sulfide) groups is 1. The van der Waals surface area contributed by atoms with Gasteiger partial charge in [0.25, 0.3) is 0 Å². The van der Waals surface area contributed by atoms with E-state index in [1.807, 2.05) is 36.2 Å². The first kappa shape index (κ1) is 14.7. The molecule has 104 valence electrons. The molecular formula is C14H20ClN2OS+. The number of nitrogens with two attached hydrogens (primary N) is 1. The molecular weight excluding hydrogens is 280 g/mol. The van der Waals surface area contributed by atoms with E-state index in [0.29, 0.717) is 0 Å². The first-order valence-corrected chi connectivity index (χ1v) is 7.99. The van der Waals surface area contributed by atoms with E-state index in [4.69, 9.17) is 11.6 Å². The number of rotatable bonds is 5. The van der Waals surface area contributed by atoms with Gasteiger partial charge in [-0.15, -0.1) is 11.8 Å². The van der Waals surface area contributed by atoms with Gasteiger partial charge < -0.3 is 10.2 Å². The SMILES string of the molecule is CC[C@@H]1S[C@@H](c2ccccc2Cl)N(CC[NH2+]C)C1=O. The van der Waals surface area contributed by atoms with E-state index in [2.05, 4.69) is 12.2 Å². The molecule has 0 aromatic heterocycles. The van der Waals surface area contributed by atoms with Crippen molar-refractivity contribution in [1.82, 2.24) is 4.90 Å². The summed E-state index contributed by atoms with van der Waals surface area (Å²) in [6, 6.07) is 7.82. The molecule has 1 saturated heterocycles. The number of benzene rings is 1. The molecule has 0 radical (unpaired) electrons. The van der Waals surface area contributed by atoms with Crippen molar-refractivity contribution in [3.05, 3.63) is 34.9 Å². The molecule has 2 N–H and O–H groups in total. The molecule has 3 nitrogen and oxygen atoms in total. The monoisotopic (exact) mass is 299 g/mol. The molecule has 1 amide bonds. The van der Waals surface area contributed by atoms with Gasteiger partial charge in [0.2, 0.25) is 5.91 Å². The molecule has 1 aromatic rings. The predicted octanol–water partition coefficient (Wildman–Crippen LogP) is 1.89. The van der Waals surface area contributed by atoms with Crippen LogP contribution in [0.2, 0.25) is 5.02 Å². The lowest BCUT2D eigenvalue weighted by molar-refractivity contribution is -0.626. The summed E-state index contributed by atoms with van der Waals surface area (Å²) in [7, 11) is 2.02. The minimum Gasteiger partial charge on any atom is -0.347 e. The summed E-state index contributed by atoms with van der Waals surface area (Å²) in [5.74, 6) is 0.249. The summed E-state index contributed by atoms with van der Waals surface area (Å²) in [5, 5.41) is 2.97. The zero-order chi connectivity index (χ0) is 13.8. The maximum absolute atomic E-state index is 12.4. The van der Waals surface area contributed by atoms with Gasteiger partial charge in [-0.3, -0.25) is 4.79 Å². The Balaban J connectivity index is 2.26. The lowest BCUT2D eigenvalue weighted by Crippen LogP contribution is -2.81. The van der Waals surface area contributed by atoms with E-state index >= 15 is 0 Å². The van der Waals surface area contributed by atoms with Gasteiger partial charge in [-0.1, -0.05) is 36.7 Å². The summed E-state index contributed by atoms with van der Waals surface area (Å²) in [5.41, 5.74) is 1.05. The Morgan fingerprint density at radius 2 is 2.16 bits per heavy atom. The van der Waals surface area contributed by atoms with Crippen molar-refractivity contribution in [2.75, 3.05) is 20.1 Å². The van der Waals surface area contributed by atoms with Crippen LogP contribution >= 0.6 is 23.4 Å². The van der Waals surface area contributed by atoms with Crippen LogP contribution in [0.15, 0.2) is 24.3 Å². The minimum absolute atomic E-state index is 0.0612. The summed E-state index contributed by atoms with van der Waals surface area (Å²) >= 11 is 8.01. The molecule has 5 heteroatoms. The molecule has 0 unspecified atom stereocenters. The van der Waals surface area contributed by atoms with E-state index < -0.39 is 0 Å². The van der Waals surface area contributed by atoms with Crippen LogP contribution in [0.25, 0.3) is 0 Å². The molecule has 1 aliphatic heterocycles. The Morgan fingerprint density at radius 1 is 1.42 bits per heavy atom. The number of likely N-dealkylation sites (N-methyl/N-ethyl adjacent to an activating group) is 1. The highest BCUT2D eigenvalue weighted by molar-refractivity contribution is 8.01. The minimum atomic E-state index is 0.0612. The summed E-state index contributed by atoms with van der Waals surface area (Å²) in [6.07, 6.45) is 0.872. The van der Waals surface area contributed by atoms with Gasteiger partial charge in [-0.25, -0.2) is 0 Å². The smallest absolute Gasteiger partial charge is 0.237 e. The first-order chi connectivity index (χ1) is 9.19. The number of halogens is 1. The summed E-state index contributed by atoms with van der Waals surface area (Å²) < 4.78 is 0. The Kier molecular flexibility index (Phi) is 5.13. The summed E-state index contributed by atoms with van der Waals surface area (Å²) in [6.45, 7) is 3.76. The molecule has 1 aromatic carbocycles. The van der Waals surface area contributed by atoms with Crippen LogP contribution in [-0.2, 0) is 4.79 Å². The van der Waals surface area contributed by atoms with Crippen molar-refractivity contribution in [3.8, 4) is 0 Å². The van der Waals surface area contributed by atoms with Crippen molar-refractivity contribution < 1.29 is 10.1 Å². The fourth-order valence-corrected chi connectivity index (χ4v) is 4.04. The Morgan fingerprint density at radius 3 is 2.79 bits per heavy atom. The van der Waals surface area contributed by atoms with E-state index in [1.54, 1.807) is 11.8 Å². The quantitative estimate of drug-likeness (QED) is 0.901. The second kappa shape index (κ2) is 6.64. The normalized spacial score (nSPS) is 23.1. The molecule has 1 heterocycles. The molecule has 0 spiro atoms. The number of amides is 1. The molecule has 2 rings (SSSR count). The molecule has 1 fully saturated rings. The van der Waals surface area contributed by atoms with Gasteiger partial charge in [0.15, 0.2) is 0 Å². The van der Waals surface area contributed by atoms with Gasteiger partial charge in [-0.2, -0.15) is 0 Å². The standard InChI is InChI=1S/C14H19ClN2OS/c1-3-12-13(18)17(9-8-16-2)14(19-12)10-6-4-5-7-11(10)15/h4-7,12,14,16H,3,8-9H2,1-2H3/p+1/t12-,14-/m0/s1. The molecule has 0 aliphatic carbocycles. The number of carbonyl (C=O) groups is 1. The maximum Gasteiger partial charge on any atom is 0.237 e. The Hall–Kier alpha value is -0.710. The zero-order valence-corrected chi connectivity index (χ0v) is 12.9. The van der Waals surface area contributed by atoms with Crippen LogP contribution in [0.5, 0.6) is 0 Å². The second-order valence-corrected chi connectivity index (χ2v) is 6.33. The first-order valence-electron chi connectivity index (χ1n) is 6.67. The molecule has 0 bridgehead atoms. The molecule has 19 heavy (non-hydrogen) atoms. The van der Waals surface area contributed by atoms with Crippen LogP contribution in [0.1, 0.15) is 24.3 Å². The molecule has 1 aliphatic rings. The fraction of sp³-hybridized carbons (Fsp3) is 0.500. The maximum atomic E-state index is 12.4. The Labute approximate surface area is 123 Å². The highest BCUT2D eigenvalue weighted by atomic mass is 35.5. The van der Waals surface area contributed by atoms with Crippen LogP contribution < -0.4 is 5.32 Å². The van der Waals surface area contributed by atoms with Crippen molar-refractivity contribution >= 4 is 29.3 Å². The lowest BCUT2D eigenvalue weighted by Gasteiger charge is -2.23. The molecule has 2 atom stereocenters. The number of hydrogen-bond donors (Lipinski definition) is 1. The van der Waals surface area contributed by atoms with E-state index in [-0.39, 0.29) is 16.5 Å². The van der Waals surface area contributed by atoms with Crippen molar-refractivity contribution in [3.63, 3.8) is 0 Å². The third-order valence-electron chi connectivity index (χ3n) is 3.34. The van der Waals surface area contributed by atoms with E-state index in [0.717, 1.165) is 30.1 Å². The van der Waals surface area contributed by atoms with Gasteiger partial charge in [0, 0.05) is 10.6 Å². The number of carbonyl (C=O) groups excluding carboxylic acids is 1. The summed E-state index contributed by atoms with van der Waals surface area (Å²) in [4.78, 5) is 14.4. The van der Waals surface area contributed by atoms with Crippen LogP contribution in [0, 0.1) is 0 Å². The topological polar surface area (TPSA) is 36.9 Å². The number of hydrogen-bond acceptors (Lipinski definition) is 2. The number of quaternary nitrogens is 1. The van der Waals surface area contributed by atoms with Crippen LogP contribution in [0.3, 0.4) is 0 Å². The highest BCUT2D eigenvalue weighted by Gasteiger charge is 2.40. The van der Waals surface area contributed by atoms with Crippen LogP contribution in [0.4, 0.5) is 0 Å². The van der Waals surface area contributed by atoms with Crippen LogP contribution in [-0.4, -0.2) is 36.2 Å². The Bertz CT molecular complexity index is 455. The zero-order valence-electron chi connectivity index (χ0n) is 11.3. The van der Waals surface area contributed by atoms with E-state index in [1.165, 1.54) is 0 Å². The fourth-order valence-electron chi connectivity index (χ4n) is 2.27. The van der Waals surface area contributed by atoms with Gasteiger partial charge in [0.05, 0.1) is 25.4 Å². The van der Waals surface area contributed by atoms with Crippen molar-refractivity contribution in [2.24, 2.45) is 0 Å². The molecule has 0 saturated carbocycles. The third-order valence-corrected chi connectivity index (χ3v) is 5.31. The average molecular weight is 300 g/mol. The predicted molar refractivity (Wildman–Crippen MR) is 80.3 cm³/mol. The lowest BCUT2D eigenvalue weighted by atomic mass is 10.2. The largest absolute Gasteiger partial charge is 0.347 e. The highest BCUT2D eigenvalue weighted by Crippen LogP contribution is 2.45. The van der Waals surface area contributed by atoms with Crippen molar-refractivity contribution in [2.45, 2.75) is 24.0 Å². The number of nitrogens with zero attached hydrogens (tertiary/aromatic N) is 1. The van der Waals surface area contributed by atoms with Gasteiger partial charge in [-0.05, 0) is 12.5 Å². The van der Waals surface area contributed by atoms with Gasteiger partial charge in [0.1, 0.15) is 5.37 Å². The van der Waals surface area contributed by atoms with E-state index in [9.17, 15) is 4.79 Å². The van der Waals surface area contributed by atoms with Crippen molar-refractivity contribution in [1.29, 1.82) is 0 Å². The van der Waals surface area contributed by atoms with Gasteiger partial charge >= 0.3 is 0 Å². The second-order valence-electron chi connectivity index (χ2n) is 4.64.